The summed E-state index contributed by atoms with van der Waals surface area (Å²) in [6.45, 7) is 1.40. The summed E-state index contributed by atoms with van der Waals surface area (Å²) in [7, 11) is 0. The Morgan fingerprint density at radius 2 is 2.39 bits per heavy atom. The molecule has 0 spiro atoms. The number of nitrogens with zero attached hydrogens (tertiary/aromatic N) is 2. The average Bonchev–Trinajstić information content (AvgIpc) is 3.01. The molecule has 0 amide bonds. The van der Waals surface area contributed by atoms with E-state index in [1.807, 2.05) is 29.0 Å². The van der Waals surface area contributed by atoms with Crippen molar-refractivity contribution in [2.45, 2.75) is 25.5 Å². The van der Waals surface area contributed by atoms with Gasteiger partial charge in [0.2, 0.25) is 0 Å². The van der Waals surface area contributed by atoms with Crippen LogP contribution in [0.5, 0.6) is 5.75 Å². The van der Waals surface area contributed by atoms with Gasteiger partial charge < -0.3 is 14.4 Å². The number of benzene rings is 1. The molecule has 0 aliphatic heterocycles. The van der Waals surface area contributed by atoms with Crippen molar-refractivity contribution in [3.8, 4) is 5.75 Å². The lowest BCUT2D eigenvalue weighted by atomic mass is 10.1. The molecular formula is C14H16N2O2. The Kier molecular flexibility index (Phi) is 3.02. The first-order valence-corrected chi connectivity index (χ1v) is 6.23. The highest BCUT2D eigenvalue weighted by Gasteiger charge is 2.22. The SMILES string of the molecule is OC1CCc2c(OCCn3ccnc3)cccc21. The van der Waals surface area contributed by atoms with Crippen LogP contribution in [0, 0.1) is 0 Å². The Labute approximate surface area is 106 Å². The van der Waals surface area contributed by atoms with Crippen molar-refractivity contribution in [2.24, 2.45) is 0 Å². The number of aromatic nitrogens is 2. The zero-order chi connectivity index (χ0) is 12.4. The summed E-state index contributed by atoms with van der Waals surface area (Å²) in [5.41, 5.74) is 2.19. The van der Waals surface area contributed by atoms with Crippen molar-refractivity contribution in [3.63, 3.8) is 0 Å². The molecule has 1 aliphatic rings. The largest absolute Gasteiger partial charge is 0.491 e. The summed E-state index contributed by atoms with van der Waals surface area (Å²) in [5, 5.41) is 9.81. The van der Waals surface area contributed by atoms with Gasteiger partial charge in [0, 0.05) is 18.0 Å². The fourth-order valence-electron chi connectivity index (χ4n) is 2.41. The number of ether oxygens (including phenoxy) is 1. The van der Waals surface area contributed by atoms with Crippen LogP contribution in [0.25, 0.3) is 0 Å². The molecule has 0 saturated heterocycles. The van der Waals surface area contributed by atoms with E-state index in [1.165, 1.54) is 0 Å². The van der Waals surface area contributed by atoms with Gasteiger partial charge in [0.05, 0.1) is 19.0 Å². The number of hydrogen-bond donors (Lipinski definition) is 1. The van der Waals surface area contributed by atoms with Gasteiger partial charge in [-0.3, -0.25) is 0 Å². The number of aliphatic hydroxyl groups excluding tert-OH is 1. The van der Waals surface area contributed by atoms with E-state index in [0.29, 0.717) is 6.61 Å². The second kappa shape index (κ2) is 4.82. The molecule has 94 valence electrons. The zero-order valence-corrected chi connectivity index (χ0v) is 10.1. The molecule has 0 fully saturated rings. The minimum absolute atomic E-state index is 0.322. The highest BCUT2D eigenvalue weighted by molar-refractivity contribution is 5.44. The topological polar surface area (TPSA) is 47.3 Å². The Balaban J connectivity index is 1.67. The number of aliphatic hydroxyl groups is 1. The normalized spacial score (nSPS) is 17.7. The van der Waals surface area contributed by atoms with Gasteiger partial charge in [-0.1, -0.05) is 12.1 Å². The molecule has 1 aliphatic carbocycles. The standard InChI is InChI=1S/C14H16N2O2/c17-13-5-4-12-11(13)2-1-3-14(12)18-9-8-16-7-6-15-10-16/h1-3,6-7,10,13,17H,4-5,8-9H2. The molecule has 1 aromatic carbocycles. The molecule has 1 aromatic heterocycles. The third-order valence-electron chi connectivity index (χ3n) is 3.36. The number of fused-ring (bicyclic) bond motifs is 1. The van der Waals surface area contributed by atoms with Crippen molar-refractivity contribution in [1.82, 2.24) is 9.55 Å². The van der Waals surface area contributed by atoms with Crippen LogP contribution in [0.3, 0.4) is 0 Å². The van der Waals surface area contributed by atoms with Crippen molar-refractivity contribution in [3.05, 3.63) is 48.0 Å². The van der Waals surface area contributed by atoms with Crippen LogP contribution >= 0.6 is 0 Å². The van der Waals surface area contributed by atoms with Gasteiger partial charge in [-0.2, -0.15) is 0 Å². The van der Waals surface area contributed by atoms with Crippen LogP contribution < -0.4 is 4.74 Å². The van der Waals surface area contributed by atoms with E-state index >= 15 is 0 Å². The summed E-state index contributed by atoms with van der Waals surface area (Å²) in [5.74, 6) is 0.907. The monoisotopic (exact) mass is 244 g/mol. The molecule has 0 bridgehead atoms. The van der Waals surface area contributed by atoms with Crippen molar-refractivity contribution < 1.29 is 9.84 Å². The highest BCUT2D eigenvalue weighted by Crippen LogP contribution is 2.36. The fraction of sp³-hybridized carbons (Fsp3) is 0.357. The molecule has 0 saturated carbocycles. The van der Waals surface area contributed by atoms with Gasteiger partial charge in [0.15, 0.2) is 0 Å². The van der Waals surface area contributed by atoms with Crippen LogP contribution in [0.2, 0.25) is 0 Å². The molecule has 1 unspecified atom stereocenters. The molecule has 4 heteroatoms. The van der Waals surface area contributed by atoms with Gasteiger partial charge in [0.1, 0.15) is 12.4 Å². The maximum atomic E-state index is 9.81. The molecule has 1 N–H and O–H groups in total. The first-order chi connectivity index (χ1) is 8.84. The van der Waals surface area contributed by atoms with Crippen LogP contribution in [-0.2, 0) is 13.0 Å². The number of rotatable bonds is 4. The zero-order valence-electron chi connectivity index (χ0n) is 10.1. The van der Waals surface area contributed by atoms with Gasteiger partial charge in [0.25, 0.3) is 0 Å². The lowest BCUT2D eigenvalue weighted by molar-refractivity contribution is 0.180. The first-order valence-electron chi connectivity index (χ1n) is 6.23. The molecule has 18 heavy (non-hydrogen) atoms. The second-order valence-electron chi connectivity index (χ2n) is 4.53. The maximum absolute atomic E-state index is 9.81. The number of hydrogen-bond acceptors (Lipinski definition) is 3. The average molecular weight is 244 g/mol. The summed E-state index contributed by atoms with van der Waals surface area (Å²) in [6.07, 6.45) is 6.84. The Morgan fingerprint density at radius 3 is 3.22 bits per heavy atom. The Bertz CT molecular complexity index is 523. The highest BCUT2D eigenvalue weighted by atomic mass is 16.5. The van der Waals surface area contributed by atoms with Crippen LogP contribution in [0.4, 0.5) is 0 Å². The summed E-state index contributed by atoms with van der Waals surface area (Å²) in [6, 6.07) is 5.90. The van der Waals surface area contributed by atoms with Gasteiger partial charge in [-0.25, -0.2) is 4.98 Å². The van der Waals surface area contributed by atoms with E-state index in [9.17, 15) is 5.11 Å². The Hall–Kier alpha value is -1.81. The predicted molar refractivity (Wildman–Crippen MR) is 67.4 cm³/mol. The molecule has 4 nitrogen and oxygen atoms in total. The smallest absolute Gasteiger partial charge is 0.122 e. The van der Waals surface area contributed by atoms with E-state index in [0.717, 1.165) is 36.3 Å². The van der Waals surface area contributed by atoms with Gasteiger partial charge in [-0.05, 0) is 24.5 Å². The molecule has 1 atom stereocenters. The van der Waals surface area contributed by atoms with E-state index in [4.69, 9.17) is 4.74 Å². The molecule has 3 rings (SSSR count). The van der Waals surface area contributed by atoms with Crippen LogP contribution in [-0.4, -0.2) is 21.3 Å². The number of imidazole rings is 1. The predicted octanol–water partition coefficient (Wildman–Crippen LogP) is 1.94. The Morgan fingerprint density at radius 1 is 1.44 bits per heavy atom. The fourth-order valence-corrected chi connectivity index (χ4v) is 2.41. The van der Waals surface area contributed by atoms with E-state index in [-0.39, 0.29) is 6.10 Å². The summed E-state index contributed by atoms with van der Waals surface area (Å²) >= 11 is 0. The molecule has 1 heterocycles. The third-order valence-corrected chi connectivity index (χ3v) is 3.36. The molecular weight excluding hydrogens is 228 g/mol. The van der Waals surface area contributed by atoms with Gasteiger partial charge >= 0.3 is 0 Å². The quantitative estimate of drug-likeness (QED) is 0.894. The molecule has 0 radical (unpaired) electrons. The first kappa shape index (κ1) is 11.3. The third kappa shape index (κ3) is 2.11. The van der Waals surface area contributed by atoms with E-state index < -0.39 is 0 Å². The minimum Gasteiger partial charge on any atom is -0.491 e. The summed E-state index contributed by atoms with van der Waals surface area (Å²) < 4.78 is 7.79. The minimum atomic E-state index is -0.322. The lowest BCUT2D eigenvalue weighted by Crippen LogP contribution is -2.07. The van der Waals surface area contributed by atoms with Crippen molar-refractivity contribution in [1.29, 1.82) is 0 Å². The van der Waals surface area contributed by atoms with Crippen LogP contribution in [0.1, 0.15) is 23.7 Å². The second-order valence-corrected chi connectivity index (χ2v) is 4.53. The van der Waals surface area contributed by atoms with Crippen molar-refractivity contribution in [2.75, 3.05) is 6.61 Å². The van der Waals surface area contributed by atoms with E-state index in [2.05, 4.69) is 4.98 Å². The van der Waals surface area contributed by atoms with Gasteiger partial charge in [-0.15, -0.1) is 0 Å². The molecule has 2 aromatic rings. The van der Waals surface area contributed by atoms with Crippen molar-refractivity contribution >= 4 is 0 Å². The maximum Gasteiger partial charge on any atom is 0.122 e. The lowest BCUT2D eigenvalue weighted by Gasteiger charge is -2.11. The van der Waals surface area contributed by atoms with Crippen LogP contribution in [0.15, 0.2) is 36.9 Å². The van der Waals surface area contributed by atoms with E-state index in [1.54, 1.807) is 12.5 Å². The summed E-state index contributed by atoms with van der Waals surface area (Å²) in [4.78, 5) is 3.99.